The summed E-state index contributed by atoms with van der Waals surface area (Å²) in [6.07, 6.45) is 0. The number of aliphatic imine (C=N–C) groups is 1. The van der Waals surface area contributed by atoms with E-state index >= 15 is 0 Å². The summed E-state index contributed by atoms with van der Waals surface area (Å²) in [4.78, 5) is 23.2. The summed E-state index contributed by atoms with van der Waals surface area (Å²) in [6.45, 7) is 6.49. The van der Waals surface area contributed by atoms with Gasteiger partial charge in [0, 0.05) is 35.6 Å². The largest absolute Gasteiger partial charge is 0.357 e. The summed E-state index contributed by atoms with van der Waals surface area (Å²) in [5, 5.41) is 9.28. The van der Waals surface area contributed by atoms with Gasteiger partial charge in [-0.1, -0.05) is 22.0 Å². The quantitative estimate of drug-likeness (QED) is 0.233. The Morgan fingerprint density at radius 2 is 2.15 bits per heavy atom. The molecule has 0 spiro atoms. The van der Waals surface area contributed by atoms with Gasteiger partial charge in [-0.05, 0) is 32.0 Å². The van der Waals surface area contributed by atoms with Gasteiger partial charge < -0.3 is 15.5 Å². The van der Waals surface area contributed by atoms with Crippen LogP contribution in [0.5, 0.6) is 0 Å². The maximum Gasteiger partial charge on any atom is 0.251 e. The third-order valence-corrected chi connectivity index (χ3v) is 4.82. The summed E-state index contributed by atoms with van der Waals surface area (Å²) in [5.74, 6) is 0.702. The zero-order chi connectivity index (χ0) is 18.9. The second-order valence-corrected chi connectivity index (χ2v) is 7.69. The van der Waals surface area contributed by atoms with E-state index in [1.807, 2.05) is 37.9 Å². The lowest BCUT2D eigenvalue weighted by Gasteiger charge is -2.21. The van der Waals surface area contributed by atoms with Crippen molar-refractivity contribution in [3.63, 3.8) is 0 Å². The Morgan fingerprint density at radius 3 is 2.78 bits per heavy atom. The molecule has 0 aliphatic rings. The minimum atomic E-state index is -0.0993. The summed E-state index contributed by atoms with van der Waals surface area (Å²) < 4.78 is 0.886. The Hall–Kier alpha value is -1.20. The highest BCUT2D eigenvalue weighted by Gasteiger charge is 2.09. The van der Waals surface area contributed by atoms with Gasteiger partial charge in [-0.3, -0.25) is 9.79 Å². The Labute approximate surface area is 190 Å². The molecule has 2 aromatic rings. The number of carbonyl (C=O) groups is 1. The number of halogens is 2. The average molecular weight is 566 g/mol. The minimum Gasteiger partial charge on any atom is -0.357 e. The first-order chi connectivity index (χ1) is 12.5. The van der Waals surface area contributed by atoms with E-state index in [-0.39, 0.29) is 29.9 Å². The van der Waals surface area contributed by atoms with Gasteiger partial charge in [0.05, 0.1) is 23.8 Å². The molecular formula is C18H25BrIN5OS. The SMILES string of the molecule is CCNC(=NCCNC(=O)c1cccc(Br)c1)N(C)Cc1csc(C)n1.I. The first-order valence-corrected chi connectivity index (χ1v) is 10.1. The highest BCUT2D eigenvalue weighted by atomic mass is 127. The van der Waals surface area contributed by atoms with Crippen molar-refractivity contribution >= 4 is 63.1 Å². The molecule has 1 amide bonds. The van der Waals surface area contributed by atoms with Crippen LogP contribution in [0.2, 0.25) is 0 Å². The molecule has 9 heteroatoms. The summed E-state index contributed by atoms with van der Waals surface area (Å²) in [6, 6.07) is 7.32. The predicted octanol–water partition coefficient (Wildman–Crippen LogP) is 3.66. The Balaban J connectivity index is 0.00000364. The molecule has 148 valence electrons. The molecule has 2 N–H and O–H groups in total. The van der Waals surface area contributed by atoms with E-state index in [4.69, 9.17) is 0 Å². The zero-order valence-electron chi connectivity index (χ0n) is 15.7. The lowest BCUT2D eigenvalue weighted by molar-refractivity contribution is 0.0954. The minimum absolute atomic E-state index is 0. The number of nitrogens with zero attached hydrogens (tertiary/aromatic N) is 3. The fourth-order valence-corrected chi connectivity index (χ4v) is 3.33. The highest BCUT2D eigenvalue weighted by Crippen LogP contribution is 2.11. The lowest BCUT2D eigenvalue weighted by atomic mass is 10.2. The van der Waals surface area contributed by atoms with Gasteiger partial charge in [-0.15, -0.1) is 35.3 Å². The predicted molar refractivity (Wildman–Crippen MR) is 126 cm³/mol. The number of hydrogen-bond acceptors (Lipinski definition) is 4. The van der Waals surface area contributed by atoms with E-state index in [1.165, 1.54) is 0 Å². The highest BCUT2D eigenvalue weighted by molar-refractivity contribution is 14.0. The number of amides is 1. The summed E-state index contributed by atoms with van der Waals surface area (Å²) in [7, 11) is 1.98. The van der Waals surface area contributed by atoms with E-state index in [2.05, 4.69) is 41.9 Å². The van der Waals surface area contributed by atoms with Crippen molar-refractivity contribution in [2.45, 2.75) is 20.4 Å². The van der Waals surface area contributed by atoms with Crippen molar-refractivity contribution in [2.75, 3.05) is 26.7 Å². The Bertz CT molecular complexity index is 768. The second-order valence-electron chi connectivity index (χ2n) is 5.72. The maximum absolute atomic E-state index is 12.1. The normalized spacial score (nSPS) is 10.9. The number of nitrogens with one attached hydrogen (secondary N) is 2. The first kappa shape index (κ1) is 23.8. The van der Waals surface area contributed by atoms with Crippen LogP contribution < -0.4 is 10.6 Å². The molecule has 0 aliphatic heterocycles. The first-order valence-electron chi connectivity index (χ1n) is 8.43. The van der Waals surface area contributed by atoms with Crippen LogP contribution in [0.15, 0.2) is 39.1 Å². The van der Waals surface area contributed by atoms with Gasteiger partial charge in [-0.2, -0.15) is 0 Å². The van der Waals surface area contributed by atoms with E-state index in [0.717, 1.165) is 27.7 Å². The molecular weight excluding hydrogens is 541 g/mol. The van der Waals surface area contributed by atoms with Crippen LogP contribution in [-0.2, 0) is 6.54 Å². The number of benzene rings is 1. The van der Waals surface area contributed by atoms with Crippen molar-refractivity contribution in [1.29, 1.82) is 0 Å². The Kier molecular flexibility index (Phi) is 10.9. The number of rotatable bonds is 7. The van der Waals surface area contributed by atoms with Crippen LogP contribution in [0.1, 0.15) is 28.0 Å². The number of aromatic nitrogens is 1. The van der Waals surface area contributed by atoms with Gasteiger partial charge in [0.2, 0.25) is 0 Å². The van der Waals surface area contributed by atoms with Gasteiger partial charge in [-0.25, -0.2) is 4.98 Å². The van der Waals surface area contributed by atoms with Crippen LogP contribution in [-0.4, -0.2) is 48.4 Å². The molecule has 0 aliphatic carbocycles. The molecule has 2 rings (SSSR count). The van der Waals surface area contributed by atoms with Crippen LogP contribution in [0.3, 0.4) is 0 Å². The molecule has 0 atom stereocenters. The van der Waals surface area contributed by atoms with Crippen LogP contribution >= 0.6 is 51.2 Å². The molecule has 0 radical (unpaired) electrons. The van der Waals surface area contributed by atoms with Crippen LogP contribution in [0.4, 0.5) is 0 Å². The van der Waals surface area contributed by atoms with E-state index < -0.39 is 0 Å². The molecule has 6 nitrogen and oxygen atoms in total. The molecule has 1 aromatic carbocycles. The van der Waals surface area contributed by atoms with Gasteiger partial charge in [0.15, 0.2) is 5.96 Å². The van der Waals surface area contributed by atoms with Crippen molar-refractivity contribution in [1.82, 2.24) is 20.5 Å². The number of hydrogen-bond donors (Lipinski definition) is 2. The zero-order valence-corrected chi connectivity index (χ0v) is 20.4. The monoisotopic (exact) mass is 565 g/mol. The van der Waals surface area contributed by atoms with E-state index in [0.29, 0.717) is 25.2 Å². The molecule has 27 heavy (non-hydrogen) atoms. The van der Waals surface area contributed by atoms with E-state index in [1.54, 1.807) is 23.5 Å². The average Bonchev–Trinajstić information content (AvgIpc) is 3.02. The molecule has 0 unspecified atom stereocenters. The number of carbonyl (C=O) groups excluding carboxylic acids is 1. The standard InChI is InChI=1S/C18H24BrN5OS.HI/c1-4-20-18(24(3)11-16-12-26-13(2)23-16)22-9-8-21-17(25)14-6-5-7-15(19)10-14;/h5-7,10,12H,4,8-9,11H2,1-3H3,(H,20,22)(H,21,25);1H. The van der Waals surface area contributed by atoms with E-state index in [9.17, 15) is 4.79 Å². The number of thiazole rings is 1. The van der Waals surface area contributed by atoms with Crippen molar-refractivity contribution in [3.8, 4) is 0 Å². The smallest absolute Gasteiger partial charge is 0.251 e. The molecule has 0 bridgehead atoms. The molecule has 0 saturated carbocycles. The summed E-state index contributed by atoms with van der Waals surface area (Å²) >= 11 is 5.02. The molecule has 1 aromatic heterocycles. The van der Waals surface area contributed by atoms with Gasteiger partial charge in [0.25, 0.3) is 5.91 Å². The van der Waals surface area contributed by atoms with Gasteiger partial charge in [0.1, 0.15) is 0 Å². The van der Waals surface area contributed by atoms with Crippen LogP contribution in [0.25, 0.3) is 0 Å². The fourth-order valence-electron chi connectivity index (χ4n) is 2.33. The number of guanidine groups is 1. The third-order valence-electron chi connectivity index (χ3n) is 3.51. The Morgan fingerprint density at radius 1 is 1.37 bits per heavy atom. The molecule has 0 saturated heterocycles. The van der Waals surface area contributed by atoms with Crippen LogP contribution in [0, 0.1) is 6.92 Å². The molecule has 1 heterocycles. The second kappa shape index (κ2) is 12.3. The van der Waals surface area contributed by atoms with Crippen molar-refractivity contribution in [3.05, 3.63) is 50.4 Å². The number of aryl methyl sites for hydroxylation is 1. The van der Waals surface area contributed by atoms with Gasteiger partial charge >= 0.3 is 0 Å². The fraction of sp³-hybridized carbons (Fsp3) is 0.389. The molecule has 0 fully saturated rings. The maximum atomic E-state index is 12.1. The van der Waals surface area contributed by atoms with Crippen molar-refractivity contribution in [2.24, 2.45) is 4.99 Å². The topological polar surface area (TPSA) is 69.6 Å². The lowest BCUT2D eigenvalue weighted by Crippen LogP contribution is -2.39. The van der Waals surface area contributed by atoms with Crippen molar-refractivity contribution < 1.29 is 4.79 Å². The third kappa shape index (κ3) is 8.14. The summed E-state index contributed by atoms with van der Waals surface area (Å²) in [5.41, 5.74) is 1.66.